The molecule has 0 aliphatic rings. The van der Waals surface area contributed by atoms with Gasteiger partial charge in [-0.2, -0.15) is 4.98 Å². The van der Waals surface area contributed by atoms with Crippen molar-refractivity contribution in [3.05, 3.63) is 59.7 Å². The van der Waals surface area contributed by atoms with Crippen LogP contribution < -0.4 is 14.8 Å². The molecule has 0 aliphatic carbocycles. The van der Waals surface area contributed by atoms with E-state index in [4.69, 9.17) is 14.0 Å². The molecule has 1 amide bonds. The second-order valence-electron chi connectivity index (χ2n) is 7.12. The van der Waals surface area contributed by atoms with Crippen LogP contribution in [0.4, 0.5) is 4.39 Å². The maximum atomic E-state index is 13.1. The van der Waals surface area contributed by atoms with Gasteiger partial charge in [0.15, 0.2) is 11.5 Å². The highest BCUT2D eigenvalue weighted by atomic mass is 19.1. The third kappa shape index (κ3) is 4.94. The zero-order chi connectivity index (χ0) is 21.7. The number of halogens is 1. The Kier molecular flexibility index (Phi) is 6.66. The second-order valence-corrected chi connectivity index (χ2v) is 7.12. The molecule has 0 bridgehead atoms. The second kappa shape index (κ2) is 9.39. The molecule has 0 saturated heterocycles. The van der Waals surface area contributed by atoms with Crippen LogP contribution >= 0.6 is 0 Å². The quantitative estimate of drug-likeness (QED) is 0.602. The van der Waals surface area contributed by atoms with Crippen LogP contribution in [0.15, 0.2) is 47.0 Å². The first kappa shape index (κ1) is 21.3. The van der Waals surface area contributed by atoms with Gasteiger partial charge in [-0.25, -0.2) is 4.39 Å². The van der Waals surface area contributed by atoms with E-state index >= 15 is 0 Å². The molecule has 2 aromatic carbocycles. The molecule has 0 saturated carbocycles. The van der Waals surface area contributed by atoms with E-state index in [-0.39, 0.29) is 24.1 Å². The number of methoxy groups -OCH3 is 2. The maximum absolute atomic E-state index is 13.1. The molecule has 0 aliphatic heterocycles. The maximum Gasteiger partial charge on any atom is 0.249 e. The monoisotopic (exact) mass is 413 g/mol. The lowest BCUT2D eigenvalue weighted by molar-refractivity contribution is -0.121. The lowest BCUT2D eigenvalue weighted by atomic mass is 10.0. The summed E-state index contributed by atoms with van der Waals surface area (Å²) in [6.07, 6.45) is 0.125. The van der Waals surface area contributed by atoms with Crippen molar-refractivity contribution in [2.24, 2.45) is 5.92 Å². The molecule has 7 nitrogen and oxygen atoms in total. The minimum Gasteiger partial charge on any atom is -0.493 e. The molecule has 1 aromatic heterocycles. The molecular weight excluding hydrogens is 389 g/mol. The van der Waals surface area contributed by atoms with E-state index in [9.17, 15) is 9.18 Å². The number of hydrogen-bond acceptors (Lipinski definition) is 6. The van der Waals surface area contributed by atoms with Crippen LogP contribution in [0.3, 0.4) is 0 Å². The van der Waals surface area contributed by atoms with Gasteiger partial charge in [-0.1, -0.05) is 31.1 Å². The highest BCUT2D eigenvalue weighted by Gasteiger charge is 2.25. The van der Waals surface area contributed by atoms with E-state index in [1.54, 1.807) is 44.6 Å². The molecule has 30 heavy (non-hydrogen) atoms. The fraction of sp³-hybridized carbons (Fsp3) is 0.318. The summed E-state index contributed by atoms with van der Waals surface area (Å²) >= 11 is 0. The van der Waals surface area contributed by atoms with E-state index in [1.165, 1.54) is 12.1 Å². The topological polar surface area (TPSA) is 86.5 Å². The van der Waals surface area contributed by atoms with Gasteiger partial charge in [-0.15, -0.1) is 0 Å². The zero-order valence-corrected chi connectivity index (χ0v) is 17.3. The van der Waals surface area contributed by atoms with Gasteiger partial charge in [-0.3, -0.25) is 4.79 Å². The van der Waals surface area contributed by atoms with Crippen molar-refractivity contribution in [1.29, 1.82) is 0 Å². The number of rotatable bonds is 8. The number of benzene rings is 2. The van der Waals surface area contributed by atoms with Gasteiger partial charge in [-0.05, 0) is 41.8 Å². The van der Waals surface area contributed by atoms with Crippen molar-refractivity contribution in [1.82, 2.24) is 15.5 Å². The fourth-order valence-electron chi connectivity index (χ4n) is 2.98. The van der Waals surface area contributed by atoms with Gasteiger partial charge in [0.1, 0.15) is 11.9 Å². The predicted molar refractivity (Wildman–Crippen MR) is 109 cm³/mol. The minimum atomic E-state index is -0.459. The highest BCUT2D eigenvalue weighted by molar-refractivity contribution is 5.79. The van der Waals surface area contributed by atoms with Crippen LogP contribution in [-0.4, -0.2) is 30.3 Å². The van der Waals surface area contributed by atoms with E-state index in [1.807, 2.05) is 13.8 Å². The Bertz CT molecular complexity index is 1000. The van der Waals surface area contributed by atoms with Crippen LogP contribution in [0.5, 0.6) is 11.5 Å². The molecular formula is C22H24FN3O4. The normalized spacial score (nSPS) is 11.9. The Morgan fingerprint density at radius 1 is 1.10 bits per heavy atom. The number of carbonyl (C=O) groups is 1. The number of nitrogens with zero attached hydrogens (tertiary/aromatic N) is 2. The van der Waals surface area contributed by atoms with E-state index in [2.05, 4.69) is 15.5 Å². The lowest BCUT2D eigenvalue weighted by Gasteiger charge is -2.18. The first-order valence-electron chi connectivity index (χ1n) is 9.51. The Morgan fingerprint density at radius 2 is 1.80 bits per heavy atom. The number of ether oxygens (including phenoxy) is 2. The van der Waals surface area contributed by atoms with Crippen LogP contribution in [-0.2, 0) is 11.2 Å². The van der Waals surface area contributed by atoms with Gasteiger partial charge in [0.2, 0.25) is 17.6 Å². The molecule has 158 valence electrons. The van der Waals surface area contributed by atoms with Crippen molar-refractivity contribution in [3.63, 3.8) is 0 Å². The first-order valence-corrected chi connectivity index (χ1v) is 9.51. The zero-order valence-electron chi connectivity index (χ0n) is 17.3. The number of amides is 1. The molecule has 1 atom stereocenters. The summed E-state index contributed by atoms with van der Waals surface area (Å²) in [5.41, 5.74) is 1.41. The number of hydrogen-bond donors (Lipinski definition) is 1. The average molecular weight is 413 g/mol. The number of aromatic nitrogens is 2. The van der Waals surface area contributed by atoms with E-state index in [0.717, 1.165) is 0 Å². The summed E-state index contributed by atoms with van der Waals surface area (Å²) in [5.74, 6) is 1.29. The number of nitrogens with one attached hydrogen (secondary N) is 1. The van der Waals surface area contributed by atoms with Crippen LogP contribution in [0.25, 0.3) is 11.4 Å². The first-order chi connectivity index (χ1) is 14.4. The average Bonchev–Trinajstić information content (AvgIpc) is 3.22. The fourth-order valence-corrected chi connectivity index (χ4v) is 2.98. The Labute approximate surface area is 174 Å². The summed E-state index contributed by atoms with van der Waals surface area (Å²) in [7, 11) is 3.11. The highest BCUT2D eigenvalue weighted by Crippen LogP contribution is 2.32. The Balaban J connectivity index is 1.76. The molecule has 1 N–H and O–H groups in total. The standard InChI is InChI=1S/C22H24FN3O4/c1-13(2)20(24-19(27)11-14-5-8-16(23)9-6-14)22-25-21(26-30-22)15-7-10-17(28-3)18(12-15)29-4/h5-10,12-13,20H,11H2,1-4H3,(H,24,27). The summed E-state index contributed by atoms with van der Waals surface area (Å²) in [6.45, 7) is 3.90. The van der Waals surface area contributed by atoms with Gasteiger partial charge >= 0.3 is 0 Å². The van der Waals surface area contributed by atoms with E-state index in [0.29, 0.717) is 34.3 Å². The lowest BCUT2D eigenvalue weighted by Crippen LogP contribution is -2.33. The molecule has 0 radical (unpaired) electrons. The van der Waals surface area contributed by atoms with Crippen molar-refractivity contribution in [2.45, 2.75) is 26.3 Å². The molecule has 1 unspecified atom stereocenters. The van der Waals surface area contributed by atoms with Gasteiger partial charge in [0, 0.05) is 5.56 Å². The number of carbonyl (C=O) groups excluding carboxylic acids is 1. The summed E-state index contributed by atoms with van der Waals surface area (Å²) in [5, 5.41) is 6.97. The van der Waals surface area contributed by atoms with Crippen LogP contribution in [0, 0.1) is 11.7 Å². The summed E-state index contributed by atoms with van der Waals surface area (Å²) in [6, 6.07) is 10.7. The molecule has 3 rings (SSSR count). The molecule has 3 aromatic rings. The third-order valence-corrected chi connectivity index (χ3v) is 4.61. The van der Waals surface area contributed by atoms with Crippen molar-refractivity contribution >= 4 is 5.91 Å². The SMILES string of the molecule is COc1ccc(-c2noc(C(NC(=O)Cc3ccc(F)cc3)C(C)C)n2)cc1OC. The van der Waals surface area contributed by atoms with Crippen molar-refractivity contribution < 1.29 is 23.2 Å². The van der Waals surface area contributed by atoms with Crippen molar-refractivity contribution in [2.75, 3.05) is 14.2 Å². The third-order valence-electron chi connectivity index (χ3n) is 4.61. The minimum absolute atomic E-state index is 0.0147. The largest absolute Gasteiger partial charge is 0.493 e. The molecule has 0 spiro atoms. The van der Waals surface area contributed by atoms with Gasteiger partial charge < -0.3 is 19.3 Å². The summed E-state index contributed by atoms with van der Waals surface area (Å²) in [4.78, 5) is 17.0. The Morgan fingerprint density at radius 3 is 2.43 bits per heavy atom. The molecule has 8 heteroatoms. The van der Waals surface area contributed by atoms with E-state index < -0.39 is 6.04 Å². The van der Waals surface area contributed by atoms with Crippen LogP contribution in [0.1, 0.15) is 31.3 Å². The molecule has 1 heterocycles. The van der Waals surface area contributed by atoms with Gasteiger partial charge in [0.05, 0.1) is 20.6 Å². The van der Waals surface area contributed by atoms with Crippen molar-refractivity contribution in [3.8, 4) is 22.9 Å². The smallest absolute Gasteiger partial charge is 0.249 e. The van der Waals surface area contributed by atoms with Crippen LogP contribution in [0.2, 0.25) is 0 Å². The summed E-state index contributed by atoms with van der Waals surface area (Å²) < 4.78 is 29.1. The predicted octanol–water partition coefficient (Wildman–Crippen LogP) is 3.95. The van der Waals surface area contributed by atoms with Gasteiger partial charge in [0.25, 0.3) is 0 Å². The Hall–Kier alpha value is -3.42. The molecule has 0 fully saturated rings.